The smallest absolute Gasteiger partial charge is 0.194 e. The zero-order valence-corrected chi connectivity index (χ0v) is 10.2. The molecule has 3 aromatic rings. The minimum absolute atomic E-state index is 0.226. The number of aromatic nitrogens is 1. The van der Waals surface area contributed by atoms with Gasteiger partial charge in [-0.1, -0.05) is 17.7 Å². The third-order valence-electron chi connectivity index (χ3n) is 2.91. The van der Waals surface area contributed by atoms with E-state index in [2.05, 4.69) is 4.98 Å². The first-order chi connectivity index (χ1) is 9.06. The van der Waals surface area contributed by atoms with Crippen LogP contribution in [0.15, 0.2) is 36.4 Å². The molecule has 1 N–H and O–H groups in total. The molecule has 1 nitrogen and oxygen atoms in total. The van der Waals surface area contributed by atoms with Crippen LogP contribution in [-0.4, -0.2) is 4.98 Å². The van der Waals surface area contributed by atoms with Crippen molar-refractivity contribution < 1.29 is 13.2 Å². The molecule has 0 amide bonds. The van der Waals surface area contributed by atoms with Crippen LogP contribution in [-0.2, 0) is 0 Å². The van der Waals surface area contributed by atoms with Crippen molar-refractivity contribution >= 4 is 22.5 Å². The molecule has 1 heterocycles. The Kier molecular flexibility index (Phi) is 2.75. The summed E-state index contributed by atoms with van der Waals surface area (Å²) in [5.41, 5.74) is 1.44. The number of benzene rings is 2. The van der Waals surface area contributed by atoms with Crippen LogP contribution in [0.5, 0.6) is 0 Å². The third kappa shape index (κ3) is 1.98. The van der Waals surface area contributed by atoms with Gasteiger partial charge in [-0.15, -0.1) is 0 Å². The Bertz CT molecular complexity index is 756. The van der Waals surface area contributed by atoms with Gasteiger partial charge < -0.3 is 4.98 Å². The summed E-state index contributed by atoms with van der Waals surface area (Å²) in [6, 6.07) is 8.82. The van der Waals surface area contributed by atoms with Crippen molar-refractivity contribution in [1.29, 1.82) is 0 Å². The maximum Gasteiger partial charge on any atom is 0.194 e. The summed E-state index contributed by atoms with van der Waals surface area (Å²) in [5.74, 6) is -3.92. The molecule has 96 valence electrons. The highest BCUT2D eigenvalue weighted by Gasteiger charge is 2.13. The lowest BCUT2D eigenvalue weighted by Crippen LogP contribution is -1.91. The molecule has 1 aromatic heterocycles. The summed E-state index contributed by atoms with van der Waals surface area (Å²) in [5, 5.41) is 1.27. The summed E-state index contributed by atoms with van der Waals surface area (Å²) in [6.07, 6.45) is 0. The van der Waals surface area contributed by atoms with Gasteiger partial charge in [0.15, 0.2) is 17.5 Å². The minimum Gasteiger partial charge on any atom is -0.354 e. The van der Waals surface area contributed by atoms with E-state index in [0.717, 1.165) is 23.0 Å². The van der Waals surface area contributed by atoms with E-state index in [1.54, 1.807) is 24.3 Å². The van der Waals surface area contributed by atoms with Crippen molar-refractivity contribution in [3.63, 3.8) is 0 Å². The average Bonchev–Trinajstić information content (AvgIpc) is 2.81. The number of fused-ring (bicyclic) bond motifs is 1. The van der Waals surface area contributed by atoms with E-state index >= 15 is 0 Å². The average molecular weight is 282 g/mol. The molecule has 0 atom stereocenters. The normalized spacial score (nSPS) is 11.2. The molecular weight excluding hydrogens is 275 g/mol. The van der Waals surface area contributed by atoms with Crippen molar-refractivity contribution in [3.05, 3.63) is 58.9 Å². The fraction of sp³-hybridized carbons (Fsp3) is 0. The second-order valence-corrected chi connectivity index (χ2v) is 4.55. The second-order valence-electron chi connectivity index (χ2n) is 4.14. The molecule has 0 fully saturated rings. The number of nitrogens with one attached hydrogen (secondary N) is 1. The summed E-state index contributed by atoms with van der Waals surface area (Å²) in [7, 11) is 0. The summed E-state index contributed by atoms with van der Waals surface area (Å²) in [4.78, 5) is 2.99. The van der Waals surface area contributed by atoms with E-state index in [-0.39, 0.29) is 5.56 Å². The largest absolute Gasteiger partial charge is 0.354 e. The third-order valence-corrected chi connectivity index (χ3v) is 3.24. The van der Waals surface area contributed by atoms with Gasteiger partial charge >= 0.3 is 0 Å². The van der Waals surface area contributed by atoms with E-state index in [1.165, 1.54) is 0 Å². The molecular formula is C14H7ClF3N. The van der Waals surface area contributed by atoms with Gasteiger partial charge in [-0.05, 0) is 30.3 Å². The van der Waals surface area contributed by atoms with E-state index < -0.39 is 17.5 Å². The monoisotopic (exact) mass is 281 g/mol. The molecule has 0 bridgehead atoms. The van der Waals surface area contributed by atoms with E-state index in [9.17, 15) is 13.2 Å². The van der Waals surface area contributed by atoms with Crippen molar-refractivity contribution in [2.24, 2.45) is 0 Å². The van der Waals surface area contributed by atoms with Crippen LogP contribution < -0.4 is 0 Å². The molecule has 0 unspecified atom stereocenters. The quantitative estimate of drug-likeness (QED) is 0.610. The molecule has 2 aromatic carbocycles. The van der Waals surface area contributed by atoms with Crippen LogP contribution in [0.4, 0.5) is 13.2 Å². The van der Waals surface area contributed by atoms with Crippen LogP contribution in [0, 0.1) is 17.5 Å². The number of hydrogen-bond acceptors (Lipinski definition) is 0. The van der Waals surface area contributed by atoms with Crippen LogP contribution in [0.1, 0.15) is 0 Å². The Labute approximate surface area is 111 Å². The number of aromatic amines is 1. The van der Waals surface area contributed by atoms with E-state index in [1.807, 2.05) is 0 Å². The fourth-order valence-electron chi connectivity index (χ4n) is 1.98. The molecule has 0 aliphatic rings. The standard InChI is InChI=1S/C14H7ClF3N/c15-9-2-1-3-12-8(9)6-13(19-12)7-4-10(16)14(18)11(17)5-7/h1-6,19H. The lowest BCUT2D eigenvalue weighted by Gasteiger charge is -2.00. The van der Waals surface area contributed by atoms with Crippen molar-refractivity contribution in [2.75, 3.05) is 0 Å². The van der Waals surface area contributed by atoms with Crippen LogP contribution in [0.3, 0.4) is 0 Å². The van der Waals surface area contributed by atoms with E-state index in [0.29, 0.717) is 10.7 Å². The number of rotatable bonds is 1. The molecule has 5 heteroatoms. The van der Waals surface area contributed by atoms with Gasteiger partial charge in [0.1, 0.15) is 0 Å². The molecule has 0 aliphatic heterocycles. The first-order valence-corrected chi connectivity index (χ1v) is 5.86. The van der Waals surface area contributed by atoms with Crippen molar-refractivity contribution in [2.45, 2.75) is 0 Å². The van der Waals surface area contributed by atoms with Gasteiger partial charge in [-0.25, -0.2) is 13.2 Å². The highest BCUT2D eigenvalue weighted by Crippen LogP contribution is 2.30. The molecule has 0 saturated carbocycles. The van der Waals surface area contributed by atoms with Gasteiger partial charge in [0.05, 0.1) is 0 Å². The predicted octanol–water partition coefficient (Wildman–Crippen LogP) is 4.91. The van der Waals surface area contributed by atoms with Gasteiger partial charge in [-0.3, -0.25) is 0 Å². The zero-order valence-electron chi connectivity index (χ0n) is 9.48. The fourth-order valence-corrected chi connectivity index (χ4v) is 2.21. The summed E-state index contributed by atoms with van der Waals surface area (Å²) >= 11 is 6.02. The Hall–Kier alpha value is -1.94. The molecule has 0 saturated heterocycles. The van der Waals surface area contributed by atoms with Crippen LogP contribution >= 0.6 is 11.6 Å². The SMILES string of the molecule is Fc1cc(-c2cc3c(Cl)cccc3[nH]2)cc(F)c1F. The lowest BCUT2D eigenvalue weighted by molar-refractivity contribution is 0.447. The predicted molar refractivity (Wildman–Crippen MR) is 68.6 cm³/mol. The molecule has 19 heavy (non-hydrogen) atoms. The van der Waals surface area contributed by atoms with Crippen LogP contribution in [0.2, 0.25) is 5.02 Å². The van der Waals surface area contributed by atoms with Gasteiger partial charge in [0.25, 0.3) is 0 Å². The highest BCUT2D eigenvalue weighted by atomic mass is 35.5. The maximum absolute atomic E-state index is 13.2. The van der Waals surface area contributed by atoms with E-state index in [4.69, 9.17) is 11.6 Å². The van der Waals surface area contributed by atoms with Gasteiger partial charge in [-0.2, -0.15) is 0 Å². The molecule has 3 rings (SSSR count). The van der Waals surface area contributed by atoms with Crippen molar-refractivity contribution in [3.8, 4) is 11.3 Å². The maximum atomic E-state index is 13.2. The summed E-state index contributed by atoms with van der Waals surface area (Å²) < 4.78 is 39.3. The summed E-state index contributed by atoms with van der Waals surface area (Å²) in [6.45, 7) is 0. The number of H-pyrrole nitrogens is 1. The Morgan fingerprint density at radius 3 is 2.26 bits per heavy atom. The number of halogens is 4. The zero-order chi connectivity index (χ0) is 13.6. The van der Waals surface area contributed by atoms with Crippen LogP contribution in [0.25, 0.3) is 22.2 Å². The first-order valence-electron chi connectivity index (χ1n) is 5.48. The molecule has 0 spiro atoms. The lowest BCUT2D eigenvalue weighted by atomic mass is 10.1. The number of hydrogen-bond donors (Lipinski definition) is 1. The Morgan fingerprint density at radius 2 is 1.63 bits per heavy atom. The molecule has 0 aliphatic carbocycles. The molecule has 0 radical (unpaired) electrons. The minimum atomic E-state index is -1.47. The van der Waals surface area contributed by atoms with Crippen molar-refractivity contribution in [1.82, 2.24) is 4.98 Å². The Morgan fingerprint density at radius 1 is 0.947 bits per heavy atom. The topological polar surface area (TPSA) is 15.8 Å². The second kappa shape index (κ2) is 4.31. The Balaban J connectivity index is 2.22. The highest BCUT2D eigenvalue weighted by molar-refractivity contribution is 6.35. The van der Waals surface area contributed by atoms with Gasteiger partial charge in [0, 0.05) is 27.2 Å². The first kappa shape index (κ1) is 12.1. The van der Waals surface area contributed by atoms with Gasteiger partial charge in [0.2, 0.25) is 0 Å².